The minimum Gasteiger partial charge on any atom is -0.475 e. The van der Waals surface area contributed by atoms with Gasteiger partial charge < -0.3 is 10.1 Å². The molecule has 0 unspecified atom stereocenters. The van der Waals surface area contributed by atoms with Crippen LogP contribution in [0, 0.1) is 0 Å². The van der Waals surface area contributed by atoms with Gasteiger partial charge in [0.25, 0.3) is 0 Å². The summed E-state index contributed by atoms with van der Waals surface area (Å²) in [6, 6.07) is 0. The molecule has 0 aliphatic rings. The van der Waals surface area contributed by atoms with E-state index in [4.69, 9.17) is 16.3 Å². The van der Waals surface area contributed by atoms with Crippen molar-refractivity contribution in [3.63, 3.8) is 0 Å². The van der Waals surface area contributed by atoms with Crippen molar-refractivity contribution in [1.29, 1.82) is 0 Å². The minimum atomic E-state index is 0.444. The summed E-state index contributed by atoms with van der Waals surface area (Å²) in [5.74, 6) is 0.444. The molecule has 0 spiro atoms. The van der Waals surface area contributed by atoms with Crippen molar-refractivity contribution in [2.75, 3.05) is 19.7 Å². The third-order valence-electron chi connectivity index (χ3n) is 1.58. The number of hydrogen-bond donors (Lipinski definition) is 1. The van der Waals surface area contributed by atoms with E-state index in [0.717, 1.165) is 19.5 Å². The zero-order chi connectivity index (χ0) is 10.2. The summed E-state index contributed by atoms with van der Waals surface area (Å²) in [6.07, 6.45) is 4.05. The molecule has 0 radical (unpaired) electrons. The van der Waals surface area contributed by atoms with Gasteiger partial charge in [0.05, 0.1) is 6.20 Å². The highest BCUT2D eigenvalue weighted by Crippen LogP contribution is 2.18. The van der Waals surface area contributed by atoms with Crippen molar-refractivity contribution in [2.24, 2.45) is 0 Å². The second kappa shape index (κ2) is 6.56. The zero-order valence-electron chi connectivity index (χ0n) is 8.16. The number of aromatic nitrogens is 2. The monoisotopic (exact) mass is 215 g/mol. The number of nitrogens with zero attached hydrogens (tertiary/aromatic N) is 2. The smallest absolute Gasteiger partial charge is 0.235 e. The Morgan fingerprint density at radius 1 is 1.50 bits per heavy atom. The molecule has 1 heterocycles. The molecule has 0 aliphatic carbocycles. The summed E-state index contributed by atoms with van der Waals surface area (Å²) >= 11 is 5.79. The summed E-state index contributed by atoms with van der Waals surface area (Å²) in [4.78, 5) is 7.67. The molecular weight excluding hydrogens is 202 g/mol. The van der Waals surface area contributed by atoms with Crippen LogP contribution < -0.4 is 10.1 Å². The van der Waals surface area contributed by atoms with Crippen molar-refractivity contribution < 1.29 is 4.74 Å². The largest absolute Gasteiger partial charge is 0.475 e. The lowest BCUT2D eigenvalue weighted by Gasteiger charge is -2.06. The van der Waals surface area contributed by atoms with Gasteiger partial charge in [0.1, 0.15) is 18.0 Å². The van der Waals surface area contributed by atoms with Crippen LogP contribution in [0.1, 0.15) is 13.3 Å². The molecule has 0 atom stereocenters. The molecule has 78 valence electrons. The second-order valence-corrected chi connectivity index (χ2v) is 3.18. The fourth-order valence-corrected chi connectivity index (χ4v) is 1.09. The fourth-order valence-electron chi connectivity index (χ4n) is 0.929. The molecule has 1 N–H and O–H groups in total. The van der Waals surface area contributed by atoms with E-state index in [9.17, 15) is 0 Å². The van der Waals surface area contributed by atoms with Gasteiger partial charge in [-0.15, -0.1) is 0 Å². The summed E-state index contributed by atoms with van der Waals surface area (Å²) in [5, 5.41) is 3.66. The molecule has 1 aromatic rings. The number of ether oxygens (including phenoxy) is 1. The highest BCUT2D eigenvalue weighted by molar-refractivity contribution is 6.31. The maximum atomic E-state index is 5.79. The summed E-state index contributed by atoms with van der Waals surface area (Å²) in [6.45, 7) is 4.49. The molecule has 0 saturated carbocycles. The number of hydrogen-bond acceptors (Lipinski definition) is 4. The van der Waals surface area contributed by atoms with Crippen LogP contribution in [-0.2, 0) is 0 Å². The van der Waals surface area contributed by atoms with Gasteiger partial charge in [-0.05, 0) is 13.0 Å². The topological polar surface area (TPSA) is 47.0 Å². The molecule has 0 fully saturated rings. The molecule has 0 aliphatic heterocycles. The van der Waals surface area contributed by atoms with E-state index in [1.165, 1.54) is 12.5 Å². The first-order chi connectivity index (χ1) is 6.84. The Balaban J connectivity index is 2.21. The molecule has 0 bridgehead atoms. The SMILES string of the molecule is CCCNCCOc1ncncc1Cl. The molecular formula is C9H14ClN3O. The van der Waals surface area contributed by atoms with E-state index in [1.54, 1.807) is 0 Å². The summed E-state index contributed by atoms with van der Waals surface area (Å²) in [5.41, 5.74) is 0. The first kappa shape index (κ1) is 11.2. The summed E-state index contributed by atoms with van der Waals surface area (Å²) < 4.78 is 5.34. The quantitative estimate of drug-likeness (QED) is 0.731. The first-order valence-corrected chi connectivity index (χ1v) is 5.01. The highest BCUT2D eigenvalue weighted by Gasteiger charge is 2.00. The van der Waals surface area contributed by atoms with Crippen molar-refractivity contribution >= 4 is 11.6 Å². The van der Waals surface area contributed by atoms with Gasteiger partial charge in [0.2, 0.25) is 5.88 Å². The van der Waals surface area contributed by atoms with Crippen molar-refractivity contribution in [3.05, 3.63) is 17.5 Å². The van der Waals surface area contributed by atoms with E-state index in [-0.39, 0.29) is 0 Å². The van der Waals surface area contributed by atoms with Gasteiger partial charge in [-0.3, -0.25) is 0 Å². The van der Waals surface area contributed by atoms with Crippen LogP contribution in [0.3, 0.4) is 0 Å². The van der Waals surface area contributed by atoms with Crippen LogP contribution in [0.5, 0.6) is 5.88 Å². The molecule has 5 heteroatoms. The maximum absolute atomic E-state index is 5.79. The van der Waals surface area contributed by atoms with E-state index in [2.05, 4.69) is 22.2 Å². The van der Waals surface area contributed by atoms with Gasteiger partial charge in [-0.2, -0.15) is 0 Å². The highest BCUT2D eigenvalue weighted by atomic mass is 35.5. The van der Waals surface area contributed by atoms with Gasteiger partial charge in [0.15, 0.2) is 0 Å². The van der Waals surface area contributed by atoms with Crippen LogP contribution in [0.15, 0.2) is 12.5 Å². The van der Waals surface area contributed by atoms with Crippen LogP contribution in [0.4, 0.5) is 0 Å². The standard InChI is InChI=1S/C9H14ClN3O/c1-2-3-11-4-5-14-9-8(10)6-12-7-13-9/h6-7,11H,2-5H2,1H3. The summed E-state index contributed by atoms with van der Waals surface area (Å²) in [7, 11) is 0. The predicted molar refractivity (Wildman–Crippen MR) is 55.7 cm³/mol. The minimum absolute atomic E-state index is 0.444. The van der Waals surface area contributed by atoms with Crippen LogP contribution >= 0.6 is 11.6 Å². The van der Waals surface area contributed by atoms with Gasteiger partial charge in [-0.25, -0.2) is 9.97 Å². The van der Waals surface area contributed by atoms with E-state index >= 15 is 0 Å². The van der Waals surface area contributed by atoms with Crippen LogP contribution in [0.25, 0.3) is 0 Å². The Morgan fingerprint density at radius 2 is 2.36 bits per heavy atom. The Morgan fingerprint density at radius 3 is 3.07 bits per heavy atom. The maximum Gasteiger partial charge on any atom is 0.235 e. The van der Waals surface area contributed by atoms with Crippen molar-refractivity contribution in [1.82, 2.24) is 15.3 Å². The Labute approximate surface area is 88.7 Å². The average Bonchev–Trinajstić information content (AvgIpc) is 2.20. The van der Waals surface area contributed by atoms with Gasteiger partial charge in [0, 0.05) is 6.54 Å². The molecule has 14 heavy (non-hydrogen) atoms. The van der Waals surface area contributed by atoms with E-state index < -0.39 is 0 Å². The number of nitrogens with one attached hydrogen (secondary N) is 1. The van der Waals surface area contributed by atoms with E-state index in [0.29, 0.717) is 17.5 Å². The zero-order valence-corrected chi connectivity index (χ0v) is 8.92. The Kier molecular flexibility index (Phi) is 5.25. The number of halogens is 1. The van der Waals surface area contributed by atoms with Crippen LogP contribution in [-0.4, -0.2) is 29.7 Å². The lowest BCUT2D eigenvalue weighted by atomic mass is 10.5. The van der Waals surface area contributed by atoms with Crippen LogP contribution in [0.2, 0.25) is 5.02 Å². The van der Waals surface area contributed by atoms with Crippen molar-refractivity contribution in [3.8, 4) is 5.88 Å². The lowest BCUT2D eigenvalue weighted by Crippen LogP contribution is -2.21. The third kappa shape index (κ3) is 3.89. The number of rotatable bonds is 6. The molecule has 1 aromatic heterocycles. The first-order valence-electron chi connectivity index (χ1n) is 4.63. The second-order valence-electron chi connectivity index (χ2n) is 2.77. The Bertz CT molecular complexity index is 270. The Hall–Kier alpha value is -0.870. The van der Waals surface area contributed by atoms with Gasteiger partial charge >= 0.3 is 0 Å². The van der Waals surface area contributed by atoms with E-state index in [1.807, 2.05) is 0 Å². The molecule has 1 rings (SSSR count). The normalized spacial score (nSPS) is 10.1. The van der Waals surface area contributed by atoms with Crippen molar-refractivity contribution in [2.45, 2.75) is 13.3 Å². The lowest BCUT2D eigenvalue weighted by molar-refractivity contribution is 0.302. The predicted octanol–water partition coefficient (Wildman–Crippen LogP) is 1.51. The van der Waals surface area contributed by atoms with Gasteiger partial charge in [-0.1, -0.05) is 18.5 Å². The molecule has 0 aromatic carbocycles. The molecule has 4 nitrogen and oxygen atoms in total. The average molecular weight is 216 g/mol. The fraction of sp³-hybridized carbons (Fsp3) is 0.556. The molecule has 0 amide bonds. The molecule has 0 saturated heterocycles. The third-order valence-corrected chi connectivity index (χ3v) is 1.84.